The van der Waals surface area contributed by atoms with Crippen molar-refractivity contribution in [1.82, 2.24) is 29.6 Å². The lowest BCUT2D eigenvalue weighted by atomic mass is 10.1. The quantitative estimate of drug-likeness (QED) is 0.515. The maximum Gasteiger partial charge on any atom is 0.242 e. The Morgan fingerprint density at radius 2 is 1.91 bits per heavy atom. The Morgan fingerprint density at radius 1 is 1.20 bits per heavy atom. The second-order valence-electron chi connectivity index (χ2n) is 10.5. The van der Waals surface area contributed by atoms with Crippen LogP contribution in [0.15, 0.2) is 23.4 Å². The molecule has 10 nitrogen and oxygen atoms in total. The molecule has 2 N–H and O–H groups in total. The summed E-state index contributed by atoms with van der Waals surface area (Å²) in [4.78, 5) is 7.07. The Morgan fingerprint density at radius 3 is 2.54 bits per heavy atom. The summed E-state index contributed by atoms with van der Waals surface area (Å²) in [5, 5.41) is 23.0. The van der Waals surface area contributed by atoms with Gasteiger partial charge in [-0.2, -0.15) is 5.26 Å². The Hall–Kier alpha value is -2.59. The number of rotatable bonds is 6. The zero-order valence-corrected chi connectivity index (χ0v) is 21.6. The van der Waals surface area contributed by atoms with Gasteiger partial charge in [0.1, 0.15) is 15.3 Å². The molecule has 35 heavy (non-hydrogen) atoms. The highest BCUT2D eigenvalue weighted by Crippen LogP contribution is 2.49. The van der Waals surface area contributed by atoms with E-state index in [-0.39, 0.29) is 22.5 Å². The molecule has 0 unspecified atom stereocenters. The molecule has 3 fully saturated rings. The van der Waals surface area contributed by atoms with Gasteiger partial charge in [-0.25, -0.2) is 18.1 Å². The Bertz CT molecular complexity index is 1450. The molecule has 3 aromatic rings. The molecule has 0 aromatic carbocycles. The highest BCUT2D eigenvalue weighted by Gasteiger charge is 2.48. The first-order valence-corrected chi connectivity index (χ1v) is 14.2. The summed E-state index contributed by atoms with van der Waals surface area (Å²) in [7, 11) is -3.74. The van der Waals surface area contributed by atoms with Crippen LogP contribution in [0.4, 0.5) is 5.69 Å². The Kier molecular flexibility index (Phi) is 5.03. The van der Waals surface area contributed by atoms with Gasteiger partial charge in [-0.15, -0.1) is 10.2 Å². The predicted molar refractivity (Wildman–Crippen MR) is 133 cm³/mol. The summed E-state index contributed by atoms with van der Waals surface area (Å²) in [6.07, 6.45) is 6.64. The number of nitriles is 1. The molecule has 1 saturated heterocycles. The molecule has 3 aliphatic rings. The molecular weight excluding hydrogens is 484 g/mol. The number of hydrogen-bond donors (Lipinski definition) is 2. The van der Waals surface area contributed by atoms with E-state index in [0.717, 1.165) is 50.0 Å². The van der Waals surface area contributed by atoms with Crippen molar-refractivity contribution in [3.63, 3.8) is 0 Å². The van der Waals surface area contributed by atoms with Gasteiger partial charge in [-0.05, 0) is 52.5 Å². The van der Waals surface area contributed by atoms with Crippen molar-refractivity contribution in [2.75, 3.05) is 18.0 Å². The van der Waals surface area contributed by atoms with Gasteiger partial charge < -0.3 is 10.2 Å². The van der Waals surface area contributed by atoms with Crippen molar-refractivity contribution in [3.8, 4) is 16.9 Å². The van der Waals surface area contributed by atoms with E-state index in [4.69, 9.17) is 0 Å². The molecule has 2 atom stereocenters. The minimum absolute atomic E-state index is 0.201. The molecule has 0 radical (unpaired) electrons. The van der Waals surface area contributed by atoms with Crippen molar-refractivity contribution in [2.24, 2.45) is 0 Å². The van der Waals surface area contributed by atoms with Gasteiger partial charge in [-0.3, -0.25) is 4.40 Å². The van der Waals surface area contributed by atoms with Gasteiger partial charge >= 0.3 is 0 Å². The standard InChI is InChI=1S/C23H28N8O2S2/c1-14-10-30(11-15(2)26-14)17-8-16(35(32,33)29-22(3)4-5-22)12-31-18(17)9-25-19(31)20-27-28-21(34-20)23(13-24)6-7-23/h8-9,12,14-15,26,29H,4-7,10-11H2,1-3H3/t14-,15-/m0/s1. The van der Waals surface area contributed by atoms with E-state index in [2.05, 4.69) is 50.0 Å². The number of nitrogens with zero attached hydrogens (tertiary/aromatic N) is 6. The molecule has 4 heterocycles. The summed E-state index contributed by atoms with van der Waals surface area (Å²) in [6, 6.07) is 4.65. The minimum atomic E-state index is -3.74. The molecule has 0 spiro atoms. The number of fused-ring (bicyclic) bond motifs is 1. The summed E-state index contributed by atoms with van der Waals surface area (Å²) < 4.78 is 31.5. The average molecular weight is 513 g/mol. The zero-order chi connectivity index (χ0) is 24.6. The average Bonchev–Trinajstić information content (AvgIpc) is 3.62. The number of anilines is 1. The largest absolute Gasteiger partial charge is 0.367 e. The topological polar surface area (TPSA) is 128 Å². The van der Waals surface area contributed by atoms with Crippen molar-refractivity contribution in [1.29, 1.82) is 5.26 Å². The Balaban J connectivity index is 1.49. The van der Waals surface area contributed by atoms with Crippen molar-refractivity contribution >= 4 is 32.6 Å². The fourth-order valence-electron chi connectivity index (χ4n) is 4.81. The third-order valence-electron chi connectivity index (χ3n) is 7.17. The van der Waals surface area contributed by atoms with Crippen LogP contribution in [0.3, 0.4) is 0 Å². The molecule has 2 saturated carbocycles. The van der Waals surface area contributed by atoms with Crippen LogP contribution in [0.25, 0.3) is 16.3 Å². The van der Waals surface area contributed by atoms with Gasteiger partial charge in [-0.1, -0.05) is 11.3 Å². The van der Waals surface area contributed by atoms with Crippen LogP contribution in [-0.4, -0.2) is 58.7 Å². The number of nitrogens with one attached hydrogen (secondary N) is 2. The number of aromatic nitrogens is 4. The predicted octanol–water partition coefficient (Wildman–Crippen LogP) is 2.43. The normalized spacial score (nSPS) is 24.9. The smallest absolute Gasteiger partial charge is 0.242 e. The molecule has 1 aliphatic heterocycles. The molecular formula is C23H28N8O2S2. The van der Waals surface area contributed by atoms with Crippen LogP contribution in [0.1, 0.15) is 51.5 Å². The fraction of sp³-hybridized carbons (Fsp3) is 0.565. The maximum atomic E-state index is 13.4. The van der Waals surface area contributed by atoms with E-state index in [1.165, 1.54) is 11.3 Å². The lowest BCUT2D eigenvalue weighted by Crippen LogP contribution is -2.54. The number of sulfonamides is 1. The van der Waals surface area contributed by atoms with Gasteiger partial charge in [0.15, 0.2) is 10.8 Å². The summed E-state index contributed by atoms with van der Waals surface area (Å²) in [6.45, 7) is 7.69. The monoisotopic (exact) mass is 512 g/mol. The van der Waals surface area contributed by atoms with Crippen LogP contribution in [0, 0.1) is 11.3 Å². The van der Waals surface area contributed by atoms with Crippen molar-refractivity contribution in [2.45, 2.75) is 74.4 Å². The van der Waals surface area contributed by atoms with Crippen molar-refractivity contribution in [3.05, 3.63) is 23.5 Å². The van der Waals surface area contributed by atoms with Gasteiger partial charge in [0.2, 0.25) is 10.0 Å². The minimum Gasteiger partial charge on any atom is -0.367 e. The SMILES string of the molecule is C[C@H]1CN(c2cc(S(=O)(=O)NC3(C)CC3)cn3c(-c4nnc(C5(C#N)CC5)s4)ncc23)C[C@H](C)N1. The van der Waals surface area contributed by atoms with E-state index < -0.39 is 15.4 Å². The summed E-state index contributed by atoms with van der Waals surface area (Å²) >= 11 is 1.36. The van der Waals surface area contributed by atoms with E-state index in [9.17, 15) is 13.7 Å². The van der Waals surface area contributed by atoms with Gasteiger partial charge in [0.05, 0.1) is 23.5 Å². The molecule has 184 valence electrons. The van der Waals surface area contributed by atoms with E-state index in [0.29, 0.717) is 15.8 Å². The van der Waals surface area contributed by atoms with E-state index in [1.54, 1.807) is 18.5 Å². The van der Waals surface area contributed by atoms with Crippen LogP contribution < -0.4 is 14.9 Å². The van der Waals surface area contributed by atoms with E-state index in [1.807, 2.05) is 11.3 Å². The van der Waals surface area contributed by atoms with Gasteiger partial charge in [0, 0.05) is 36.9 Å². The van der Waals surface area contributed by atoms with Gasteiger partial charge in [0.25, 0.3) is 0 Å². The fourth-order valence-corrected chi connectivity index (χ4v) is 7.33. The molecule has 3 aromatic heterocycles. The highest BCUT2D eigenvalue weighted by atomic mass is 32.2. The first kappa shape index (κ1) is 22.8. The second-order valence-corrected chi connectivity index (χ2v) is 13.2. The molecule has 0 amide bonds. The highest BCUT2D eigenvalue weighted by molar-refractivity contribution is 7.89. The number of pyridine rings is 1. The van der Waals surface area contributed by atoms with Crippen LogP contribution >= 0.6 is 11.3 Å². The lowest BCUT2D eigenvalue weighted by Gasteiger charge is -2.38. The number of hydrogen-bond acceptors (Lipinski definition) is 9. The van der Waals surface area contributed by atoms with Crippen LogP contribution in [0.5, 0.6) is 0 Å². The Labute approximate surface area is 208 Å². The number of piperazine rings is 1. The van der Waals surface area contributed by atoms with Crippen LogP contribution in [0.2, 0.25) is 0 Å². The molecule has 12 heteroatoms. The lowest BCUT2D eigenvalue weighted by molar-refractivity contribution is 0.407. The van der Waals surface area contributed by atoms with Crippen LogP contribution in [-0.2, 0) is 15.4 Å². The summed E-state index contributed by atoms with van der Waals surface area (Å²) in [5.74, 6) is 0.532. The third-order valence-corrected chi connectivity index (χ3v) is 9.90. The molecule has 2 aliphatic carbocycles. The maximum absolute atomic E-state index is 13.4. The first-order valence-electron chi connectivity index (χ1n) is 11.9. The molecule has 6 rings (SSSR count). The zero-order valence-electron chi connectivity index (χ0n) is 19.9. The number of imidazole rings is 1. The second kappa shape index (κ2) is 7.70. The van der Waals surface area contributed by atoms with E-state index >= 15 is 0 Å². The third kappa shape index (κ3) is 4.00. The first-order chi connectivity index (χ1) is 16.6. The molecule has 0 bridgehead atoms. The van der Waals surface area contributed by atoms with Crippen molar-refractivity contribution < 1.29 is 8.42 Å². The summed E-state index contributed by atoms with van der Waals surface area (Å²) in [5.41, 5.74) is 0.733.